The zero-order chi connectivity index (χ0) is 41.2. The number of fused-ring (bicyclic) bond motifs is 16. The summed E-state index contributed by atoms with van der Waals surface area (Å²) in [6, 6.07) is 70.9. The van der Waals surface area contributed by atoms with Gasteiger partial charge in [0.15, 0.2) is 11.6 Å². The highest BCUT2D eigenvalue weighted by Crippen LogP contribution is 2.44. The highest BCUT2D eigenvalue weighted by atomic mass is 16.3. The number of aromatic nitrogens is 5. The van der Waals surface area contributed by atoms with Crippen molar-refractivity contribution in [3.05, 3.63) is 200 Å². The molecule has 0 atom stereocenters. The van der Waals surface area contributed by atoms with E-state index in [0.29, 0.717) is 17.6 Å². The lowest BCUT2D eigenvalue weighted by Crippen LogP contribution is -2.06. The molecule has 63 heavy (non-hydrogen) atoms. The van der Waals surface area contributed by atoms with Crippen molar-refractivity contribution in [2.75, 3.05) is 0 Å². The van der Waals surface area contributed by atoms with Gasteiger partial charge < -0.3 is 8.98 Å². The van der Waals surface area contributed by atoms with E-state index in [1.54, 1.807) is 0 Å². The molecule has 4 aromatic heterocycles. The van der Waals surface area contributed by atoms with Crippen LogP contribution < -0.4 is 0 Å². The van der Waals surface area contributed by atoms with Crippen LogP contribution in [0.3, 0.4) is 0 Å². The third kappa shape index (κ3) is 4.86. The SMILES string of the molecule is c1ccc(-c2nc(-c3cccc4oc5ccccc5c34)nc(-n3c4ccccc4c4c5c6ccccc6n(-c6ccc7c8ccccc8c8ccccc8c7c6)c5ccc43)n2)cc1. The van der Waals surface area contributed by atoms with Gasteiger partial charge in [-0.05, 0) is 80.8 Å². The van der Waals surface area contributed by atoms with Crippen LogP contribution in [0, 0.1) is 0 Å². The third-order valence-electron chi connectivity index (χ3n) is 13.0. The summed E-state index contributed by atoms with van der Waals surface area (Å²) in [5.41, 5.74) is 8.86. The molecule has 0 bridgehead atoms. The Labute approximate surface area is 359 Å². The van der Waals surface area contributed by atoms with E-state index in [9.17, 15) is 0 Å². The summed E-state index contributed by atoms with van der Waals surface area (Å²) < 4.78 is 11.0. The average molecular weight is 804 g/mol. The number of para-hydroxylation sites is 3. The summed E-state index contributed by atoms with van der Waals surface area (Å²) in [4.78, 5) is 15.8. The lowest BCUT2D eigenvalue weighted by molar-refractivity contribution is 0.669. The number of hydrogen-bond acceptors (Lipinski definition) is 4. The largest absolute Gasteiger partial charge is 0.456 e. The molecule has 10 aromatic carbocycles. The molecule has 0 aliphatic rings. The van der Waals surface area contributed by atoms with Crippen LogP contribution in [0.15, 0.2) is 205 Å². The Morgan fingerprint density at radius 2 is 0.841 bits per heavy atom. The van der Waals surface area contributed by atoms with Gasteiger partial charge in [-0.15, -0.1) is 0 Å². The van der Waals surface area contributed by atoms with Crippen molar-refractivity contribution in [1.82, 2.24) is 24.1 Å². The third-order valence-corrected chi connectivity index (χ3v) is 13.0. The highest BCUT2D eigenvalue weighted by Gasteiger charge is 2.24. The van der Waals surface area contributed by atoms with Crippen molar-refractivity contribution in [2.24, 2.45) is 0 Å². The van der Waals surface area contributed by atoms with Crippen molar-refractivity contribution in [3.63, 3.8) is 0 Å². The van der Waals surface area contributed by atoms with Crippen LogP contribution in [0.5, 0.6) is 0 Å². The number of benzene rings is 10. The number of furan rings is 1. The van der Waals surface area contributed by atoms with Gasteiger partial charge >= 0.3 is 0 Å². The molecular formula is C57H33N5O. The first-order valence-corrected chi connectivity index (χ1v) is 21.3. The summed E-state index contributed by atoms with van der Waals surface area (Å²) in [7, 11) is 0. The van der Waals surface area contributed by atoms with Crippen molar-refractivity contribution in [3.8, 4) is 34.4 Å². The molecule has 14 aromatic rings. The van der Waals surface area contributed by atoms with Crippen LogP contribution in [0.1, 0.15) is 0 Å². The molecule has 0 amide bonds. The summed E-state index contributed by atoms with van der Waals surface area (Å²) in [5.74, 6) is 1.73. The maximum Gasteiger partial charge on any atom is 0.238 e. The van der Waals surface area contributed by atoms with Gasteiger partial charge in [-0.25, -0.2) is 4.98 Å². The first-order valence-electron chi connectivity index (χ1n) is 21.3. The number of rotatable bonds is 4. The summed E-state index contributed by atoms with van der Waals surface area (Å²) in [6.45, 7) is 0. The molecule has 0 saturated carbocycles. The lowest BCUT2D eigenvalue weighted by atomic mass is 9.94. The summed E-state index contributed by atoms with van der Waals surface area (Å²) in [6.07, 6.45) is 0. The molecule has 0 unspecified atom stereocenters. The van der Waals surface area contributed by atoms with Gasteiger partial charge in [0, 0.05) is 49.1 Å². The number of hydrogen-bond donors (Lipinski definition) is 0. The fraction of sp³-hybridized carbons (Fsp3) is 0. The van der Waals surface area contributed by atoms with Gasteiger partial charge in [-0.2, -0.15) is 9.97 Å². The minimum atomic E-state index is 0.548. The Balaban J connectivity index is 1.06. The fourth-order valence-electron chi connectivity index (χ4n) is 10.3. The normalized spacial score (nSPS) is 12.1. The van der Waals surface area contributed by atoms with Crippen molar-refractivity contribution < 1.29 is 4.42 Å². The molecular weight excluding hydrogens is 771 g/mol. The molecule has 0 spiro atoms. The second-order valence-corrected chi connectivity index (χ2v) is 16.3. The highest BCUT2D eigenvalue weighted by molar-refractivity contribution is 6.29. The Kier molecular flexibility index (Phi) is 7.02. The van der Waals surface area contributed by atoms with Gasteiger partial charge in [-0.1, -0.05) is 152 Å². The van der Waals surface area contributed by atoms with Crippen LogP contribution in [0.4, 0.5) is 0 Å². The smallest absolute Gasteiger partial charge is 0.238 e. The zero-order valence-corrected chi connectivity index (χ0v) is 33.7. The molecule has 14 rings (SSSR count). The molecule has 6 nitrogen and oxygen atoms in total. The van der Waals surface area contributed by atoms with Crippen molar-refractivity contribution in [2.45, 2.75) is 0 Å². The summed E-state index contributed by atoms with van der Waals surface area (Å²) >= 11 is 0. The van der Waals surface area contributed by atoms with Gasteiger partial charge in [0.2, 0.25) is 5.95 Å². The van der Waals surface area contributed by atoms with Gasteiger partial charge in [-0.3, -0.25) is 4.57 Å². The lowest BCUT2D eigenvalue weighted by Gasteiger charge is -2.14. The molecule has 6 heteroatoms. The molecule has 0 radical (unpaired) electrons. The predicted octanol–water partition coefficient (Wildman–Crippen LogP) is 14.8. The van der Waals surface area contributed by atoms with E-state index >= 15 is 0 Å². The Bertz CT molecular complexity index is 4180. The monoisotopic (exact) mass is 803 g/mol. The molecule has 4 heterocycles. The minimum absolute atomic E-state index is 0.548. The van der Waals surface area contributed by atoms with E-state index < -0.39 is 0 Å². The topological polar surface area (TPSA) is 61.7 Å². The molecule has 0 aliphatic carbocycles. The van der Waals surface area contributed by atoms with Crippen molar-refractivity contribution >= 4 is 97.9 Å². The van der Waals surface area contributed by atoms with Crippen LogP contribution >= 0.6 is 0 Å². The molecule has 0 fully saturated rings. The maximum atomic E-state index is 6.34. The van der Waals surface area contributed by atoms with Gasteiger partial charge in [0.1, 0.15) is 11.2 Å². The minimum Gasteiger partial charge on any atom is -0.456 e. The molecule has 0 N–H and O–H groups in total. The Morgan fingerprint density at radius 1 is 0.317 bits per heavy atom. The van der Waals surface area contributed by atoms with Gasteiger partial charge in [0.05, 0.1) is 22.1 Å². The van der Waals surface area contributed by atoms with E-state index in [2.05, 4.69) is 161 Å². The standard InChI is InChI=1S/C57H33N5O/c1-2-15-34(16-3-1)55-58-56(44-24-14-28-51-52(44)43-23-10-13-27-50(43)63-51)60-57(59-55)62-47-26-12-9-22-42(47)54-49(62)32-31-48-53(54)41-21-8-11-25-46(41)61(48)35-29-30-40-38-19-5-4-17-36(38)37-18-6-7-20-39(37)45(40)33-35/h1-33H. The van der Waals surface area contributed by atoms with E-state index in [1.165, 1.54) is 43.1 Å². The van der Waals surface area contributed by atoms with E-state index in [-0.39, 0.29) is 0 Å². The first kappa shape index (κ1) is 34.1. The van der Waals surface area contributed by atoms with Crippen molar-refractivity contribution in [1.29, 1.82) is 0 Å². The first-order chi connectivity index (χ1) is 31.3. The number of nitrogens with zero attached hydrogens (tertiary/aromatic N) is 5. The quantitative estimate of drug-likeness (QED) is 0.166. The summed E-state index contributed by atoms with van der Waals surface area (Å²) in [5, 5.41) is 14.2. The van der Waals surface area contributed by atoms with Crippen LogP contribution in [-0.2, 0) is 0 Å². The maximum absolute atomic E-state index is 6.34. The molecule has 0 aliphatic heterocycles. The molecule has 0 saturated heterocycles. The van der Waals surface area contributed by atoms with E-state index in [4.69, 9.17) is 19.4 Å². The van der Waals surface area contributed by atoms with E-state index in [1.807, 2.05) is 48.5 Å². The predicted molar refractivity (Wildman–Crippen MR) is 259 cm³/mol. The van der Waals surface area contributed by atoms with Crippen LogP contribution in [-0.4, -0.2) is 24.1 Å². The molecule has 292 valence electrons. The van der Waals surface area contributed by atoms with Gasteiger partial charge in [0.25, 0.3) is 0 Å². The fourth-order valence-corrected chi connectivity index (χ4v) is 10.3. The second-order valence-electron chi connectivity index (χ2n) is 16.3. The Hall–Kier alpha value is -8.61. The Morgan fingerprint density at radius 3 is 1.54 bits per heavy atom. The average Bonchev–Trinajstić information content (AvgIpc) is 4.02. The second kappa shape index (κ2) is 12.9. The zero-order valence-electron chi connectivity index (χ0n) is 33.7. The van der Waals surface area contributed by atoms with Crippen LogP contribution in [0.25, 0.3) is 132 Å². The van der Waals surface area contributed by atoms with E-state index in [0.717, 1.165) is 71.6 Å². The van der Waals surface area contributed by atoms with Crippen LogP contribution in [0.2, 0.25) is 0 Å².